The Bertz CT molecular complexity index is 2130. The first-order chi connectivity index (χ1) is 33.9. The number of carbonyl (C=O) groups is 7. The van der Waals surface area contributed by atoms with E-state index in [1.54, 1.807) is 32.9 Å². The van der Waals surface area contributed by atoms with Gasteiger partial charge in [-0.1, -0.05) is 84.0 Å². The van der Waals surface area contributed by atoms with Gasteiger partial charge in [0.05, 0.1) is 6.04 Å². The van der Waals surface area contributed by atoms with Crippen LogP contribution in [0.2, 0.25) is 0 Å². The van der Waals surface area contributed by atoms with E-state index >= 15 is 4.79 Å². The fourth-order valence-corrected chi connectivity index (χ4v) is 9.46. The van der Waals surface area contributed by atoms with Crippen molar-refractivity contribution in [2.75, 3.05) is 13.6 Å². The highest BCUT2D eigenvalue weighted by Gasteiger charge is 2.49. The molecular formula is C51H79N9O12. The monoisotopic (exact) mass is 1010 g/mol. The van der Waals surface area contributed by atoms with Crippen molar-refractivity contribution in [3.63, 3.8) is 0 Å². The van der Waals surface area contributed by atoms with Crippen molar-refractivity contribution >= 4 is 41.4 Å². The van der Waals surface area contributed by atoms with Gasteiger partial charge in [-0.15, -0.1) is 0 Å². The van der Waals surface area contributed by atoms with Crippen LogP contribution in [0.3, 0.4) is 0 Å². The number of rotatable bonds is 22. The van der Waals surface area contributed by atoms with Crippen molar-refractivity contribution in [1.82, 2.24) is 36.4 Å². The van der Waals surface area contributed by atoms with E-state index in [1.807, 2.05) is 51.1 Å². The highest BCUT2D eigenvalue weighted by Crippen LogP contribution is 2.39. The molecule has 72 heavy (non-hydrogen) atoms. The fourth-order valence-electron chi connectivity index (χ4n) is 9.46. The number of aliphatic hydroxyl groups is 3. The van der Waals surface area contributed by atoms with Gasteiger partial charge < -0.3 is 57.1 Å². The van der Waals surface area contributed by atoms with Crippen LogP contribution in [0.4, 0.5) is 0 Å². The van der Waals surface area contributed by atoms with Gasteiger partial charge in [-0.3, -0.25) is 39.8 Å². The smallest absolute Gasteiger partial charge is 0.329 e. The number of hydrogen-bond acceptors (Lipinski definition) is 15. The average Bonchev–Trinajstić information content (AvgIpc) is 3.32. The van der Waals surface area contributed by atoms with E-state index in [4.69, 9.17) is 16.2 Å². The molecule has 6 unspecified atom stereocenters. The Kier molecular flexibility index (Phi) is 22.4. The number of phenols is 1. The summed E-state index contributed by atoms with van der Waals surface area (Å²) in [6.45, 7) is 11.9. The number of amides is 6. The molecule has 2 aliphatic rings. The Labute approximate surface area is 422 Å². The van der Waals surface area contributed by atoms with Crippen LogP contribution in [-0.2, 0) is 51.1 Å². The summed E-state index contributed by atoms with van der Waals surface area (Å²) in [5.41, 5.74) is 12.4. The third-order valence-corrected chi connectivity index (χ3v) is 13.7. The molecule has 0 radical (unpaired) electrons. The second kappa shape index (κ2) is 27.4. The van der Waals surface area contributed by atoms with Crippen LogP contribution in [0.25, 0.3) is 0 Å². The Hall–Kier alpha value is -5.71. The number of nitrogens with two attached hydrogens (primary N) is 2. The van der Waals surface area contributed by atoms with Gasteiger partial charge in [0.25, 0.3) is 0 Å². The number of aromatic hydroxyl groups is 1. The number of phenolic OH excluding ortho intramolecular Hbond substituents is 1. The first-order valence-electron chi connectivity index (χ1n) is 25.0. The Morgan fingerprint density at radius 3 is 2.03 bits per heavy atom. The van der Waals surface area contributed by atoms with Crippen LogP contribution in [0, 0.1) is 29.6 Å². The van der Waals surface area contributed by atoms with E-state index in [2.05, 4.69) is 26.6 Å². The van der Waals surface area contributed by atoms with Crippen LogP contribution in [0.15, 0.2) is 54.6 Å². The molecule has 2 aromatic rings. The summed E-state index contributed by atoms with van der Waals surface area (Å²) in [5, 5.41) is 57.1. The van der Waals surface area contributed by atoms with E-state index in [-0.39, 0.29) is 56.7 Å². The van der Waals surface area contributed by atoms with Gasteiger partial charge in [0, 0.05) is 19.4 Å². The van der Waals surface area contributed by atoms with Gasteiger partial charge in [0.1, 0.15) is 54.5 Å². The molecule has 0 aromatic heterocycles. The maximum atomic E-state index is 15.0. The van der Waals surface area contributed by atoms with Crippen LogP contribution < -0.4 is 38.1 Å². The first-order valence-corrected chi connectivity index (χ1v) is 25.0. The van der Waals surface area contributed by atoms with Gasteiger partial charge in [0.2, 0.25) is 35.4 Å². The second-order valence-electron chi connectivity index (χ2n) is 20.2. The van der Waals surface area contributed by atoms with Crippen LogP contribution >= 0.6 is 0 Å². The zero-order valence-electron chi connectivity index (χ0n) is 42.8. The number of ether oxygens (including phenoxy) is 1. The lowest BCUT2D eigenvalue weighted by Gasteiger charge is -2.50. The minimum absolute atomic E-state index is 0.0189. The number of piperidine rings is 1. The summed E-state index contributed by atoms with van der Waals surface area (Å²) in [5.74, 6) is -8.01. The molecule has 14 atom stereocenters. The standard InChI is InChI=1S/C51H79N9O12/c1-9-33-26-34-23-29(6)40(57-45(65)38(24-32-17-19-35(61)20-18-32)59(8)49(69)39(60(47(33)67)48(34)68)25-31-14-11-10-12-15-31)50(70)72-30(7)41(46(66)56-37(42(52)62)22-27(2)3)58-44(64)36(55-43(63)28(4)5)16-13-21-54-51(53)71/h10-12,14-15,17-20,27-30,33-34,36-41,47-48,51,54,61,67-68,71H,9,13,16,21-26,53H2,1-8H3,(H2,52,62)(H,55,63)(H,56,66)(H,57,65)(H,58,64)/t29?,30-,33?,34?,36+,37+,38+,39+,40+,41+,47?,48+,51?/m1/s1. The molecule has 2 aliphatic heterocycles. The molecule has 0 saturated carbocycles. The van der Waals surface area contributed by atoms with Crippen LogP contribution in [-0.4, -0.2) is 146 Å². The summed E-state index contributed by atoms with van der Waals surface area (Å²) in [6.07, 6.45) is -4.23. The molecule has 2 aromatic carbocycles. The predicted molar refractivity (Wildman–Crippen MR) is 266 cm³/mol. The molecule has 2 heterocycles. The van der Waals surface area contributed by atoms with Gasteiger partial charge in [-0.05, 0) is 105 Å². The molecule has 2 saturated heterocycles. The van der Waals surface area contributed by atoms with Crippen LogP contribution in [0.5, 0.6) is 5.75 Å². The number of hydrogen-bond donors (Lipinski definition) is 11. The second-order valence-corrected chi connectivity index (χ2v) is 20.2. The van der Waals surface area contributed by atoms with E-state index in [0.29, 0.717) is 18.4 Å². The number of fused-ring (bicyclic) bond motifs is 2. The zero-order chi connectivity index (χ0) is 53.6. The number of esters is 1. The Balaban J connectivity index is 1.78. The third-order valence-electron chi connectivity index (χ3n) is 13.7. The highest BCUT2D eigenvalue weighted by molar-refractivity contribution is 5.95. The molecule has 2 fully saturated rings. The molecule has 21 nitrogen and oxygen atoms in total. The molecule has 400 valence electrons. The lowest BCUT2D eigenvalue weighted by Crippen LogP contribution is -2.66. The molecule has 2 bridgehead atoms. The number of benzene rings is 2. The number of aliphatic hydroxyl groups excluding tert-OH is 3. The molecule has 0 aliphatic carbocycles. The number of carbonyl (C=O) groups excluding carboxylic acids is 7. The van der Waals surface area contributed by atoms with E-state index in [9.17, 15) is 49.2 Å². The maximum Gasteiger partial charge on any atom is 0.329 e. The van der Waals surface area contributed by atoms with E-state index < -0.39 is 126 Å². The predicted octanol–water partition coefficient (Wildman–Crippen LogP) is 0.0604. The van der Waals surface area contributed by atoms with Crippen molar-refractivity contribution in [2.24, 2.45) is 41.1 Å². The molecule has 13 N–H and O–H groups in total. The topological polar surface area (TPSA) is 328 Å². The number of nitrogens with zero attached hydrogens (tertiary/aromatic N) is 2. The van der Waals surface area contributed by atoms with E-state index in [1.165, 1.54) is 35.9 Å². The number of likely N-dealkylation sites (N-methyl/N-ethyl adjacent to an activating group) is 1. The molecule has 0 spiro atoms. The Morgan fingerprint density at radius 2 is 1.44 bits per heavy atom. The highest BCUT2D eigenvalue weighted by atomic mass is 16.5. The largest absolute Gasteiger partial charge is 0.508 e. The lowest BCUT2D eigenvalue weighted by atomic mass is 9.77. The molecule has 6 amide bonds. The van der Waals surface area contributed by atoms with E-state index in [0.717, 1.165) is 5.56 Å². The summed E-state index contributed by atoms with van der Waals surface area (Å²) in [7, 11) is 1.44. The van der Waals surface area contributed by atoms with Gasteiger partial charge in [0.15, 0.2) is 6.35 Å². The third kappa shape index (κ3) is 16.4. The quantitative estimate of drug-likeness (QED) is 0.0422. The van der Waals surface area contributed by atoms with Crippen molar-refractivity contribution in [3.05, 3.63) is 65.7 Å². The molecule has 21 heteroatoms. The van der Waals surface area contributed by atoms with Crippen molar-refractivity contribution in [3.8, 4) is 5.75 Å². The number of nitrogens with one attached hydrogen (secondary N) is 5. The first kappa shape index (κ1) is 58.9. The Morgan fingerprint density at radius 1 is 0.833 bits per heavy atom. The average molecular weight is 1010 g/mol. The van der Waals surface area contributed by atoms with Crippen LogP contribution in [0.1, 0.15) is 98.1 Å². The summed E-state index contributed by atoms with van der Waals surface area (Å²) < 4.78 is 6.05. The summed E-state index contributed by atoms with van der Waals surface area (Å²) >= 11 is 0. The SMILES string of the molecule is CCC1CC2CC(C)[C@@H](C(=O)O[C@H](C)[C@H](NC(=O)[C@H](CCCNC(N)O)NC(=O)C(C)C)C(=O)N[C@@H](CC(C)C)C(N)=O)NC(=O)[C@H](Cc3ccc(O)cc3)N(C)C(=O)[C@H](Cc3ccccc3)N(C1O)[C@H]2O. The minimum atomic E-state index is -1.71. The van der Waals surface area contributed by atoms with Gasteiger partial charge in [-0.25, -0.2) is 9.69 Å². The molecule has 4 rings (SSSR count). The van der Waals surface area contributed by atoms with Crippen molar-refractivity contribution < 1.29 is 58.7 Å². The number of primary amides is 1. The minimum Gasteiger partial charge on any atom is -0.508 e. The molecular weight excluding hydrogens is 931 g/mol. The summed E-state index contributed by atoms with van der Waals surface area (Å²) in [4.78, 5) is 101. The van der Waals surface area contributed by atoms with Crippen molar-refractivity contribution in [1.29, 1.82) is 0 Å². The van der Waals surface area contributed by atoms with Gasteiger partial charge >= 0.3 is 5.97 Å². The van der Waals surface area contributed by atoms with Crippen molar-refractivity contribution in [2.45, 2.75) is 161 Å². The fraction of sp³-hybridized carbons (Fsp3) is 0.627. The van der Waals surface area contributed by atoms with Gasteiger partial charge in [-0.2, -0.15) is 0 Å². The normalized spacial score (nSPS) is 25.9. The lowest BCUT2D eigenvalue weighted by molar-refractivity contribution is -0.209. The zero-order valence-corrected chi connectivity index (χ0v) is 42.8. The summed E-state index contributed by atoms with van der Waals surface area (Å²) in [6, 6.07) is 7.13. The maximum absolute atomic E-state index is 15.0.